The zero-order chi connectivity index (χ0) is 15.9. The van der Waals surface area contributed by atoms with Crippen LogP contribution in [0.5, 0.6) is 11.5 Å². The van der Waals surface area contributed by atoms with E-state index in [0.717, 1.165) is 0 Å². The first-order valence-corrected chi connectivity index (χ1v) is 6.60. The van der Waals surface area contributed by atoms with Crippen LogP contribution in [0.3, 0.4) is 0 Å². The normalized spacial score (nSPS) is 9.86. The van der Waals surface area contributed by atoms with Gasteiger partial charge in [0.25, 0.3) is 0 Å². The van der Waals surface area contributed by atoms with Crippen LogP contribution >= 0.6 is 0 Å². The topological polar surface area (TPSA) is 101 Å². The molecule has 0 bridgehead atoms. The number of carbonyl (C=O) groups is 2. The van der Waals surface area contributed by atoms with Crippen molar-refractivity contribution in [2.24, 2.45) is 0 Å². The molecule has 114 valence electrons. The molecule has 3 N–H and O–H groups in total. The van der Waals surface area contributed by atoms with Gasteiger partial charge in [0.05, 0.1) is 11.8 Å². The van der Waals surface area contributed by atoms with E-state index >= 15 is 0 Å². The standard InChI is InChI=1S/C15H15N3O4/c1-2-16-15(21)18-13-7-6-12(9-17-13)22-11-5-3-4-10(8-11)14(19)20/h3-9H,2H2,1H3,(H,19,20)(H2,16,17,18,21). The van der Waals surface area contributed by atoms with E-state index in [2.05, 4.69) is 15.6 Å². The van der Waals surface area contributed by atoms with Gasteiger partial charge in [-0.15, -0.1) is 0 Å². The van der Waals surface area contributed by atoms with Gasteiger partial charge < -0.3 is 15.2 Å². The molecule has 0 atom stereocenters. The van der Waals surface area contributed by atoms with E-state index in [1.165, 1.54) is 18.3 Å². The fraction of sp³-hybridized carbons (Fsp3) is 0.133. The van der Waals surface area contributed by atoms with Crippen molar-refractivity contribution in [3.63, 3.8) is 0 Å². The summed E-state index contributed by atoms with van der Waals surface area (Å²) < 4.78 is 5.52. The van der Waals surface area contributed by atoms with E-state index in [-0.39, 0.29) is 11.6 Å². The van der Waals surface area contributed by atoms with Gasteiger partial charge >= 0.3 is 12.0 Å². The number of urea groups is 1. The van der Waals surface area contributed by atoms with Crippen LogP contribution in [0.2, 0.25) is 0 Å². The monoisotopic (exact) mass is 301 g/mol. The van der Waals surface area contributed by atoms with Crippen LogP contribution < -0.4 is 15.4 Å². The van der Waals surface area contributed by atoms with Crippen molar-refractivity contribution >= 4 is 17.8 Å². The number of carbonyl (C=O) groups excluding carboxylic acids is 1. The lowest BCUT2D eigenvalue weighted by Crippen LogP contribution is -2.28. The highest BCUT2D eigenvalue weighted by molar-refractivity contribution is 5.88. The van der Waals surface area contributed by atoms with E-state index < -0.39 is 5.97 Å². The van der Waals surface area contributed by atoms with E-state index in [0.29, 0.717) is 23.9 Å². The van der Waals surface area contributed by atoms with E-state index in [4.69, 9.17) is 9.84 Å². The number of aromatic nitrogens is 1. The molecule has 1 aromatic heterocycles. The third kappa shape index (κ3) is 4.20. The first-order chi connectivity index (χ1) is 10.6. The Hall–Kier alpha value is -3.09. The zero-order valence-electron chi connectivity index (χ0n) is 11.9. The molecule has 0 aliphatic carbocycles. The average molecular weight is 301 g/mol. The van der Waals surface area contributed by atoms with Crippen molar-refractivity contribution < 1.29 is 19.4 Å². The summed E-state index contributed by atoms with van der Waals surface area (Å²) in [5.41, 5.74) is 0.139. The maximum absolute atomic E-state index is 11.3. The van der Waals surface area contributed by atoms with Crippen molar-refractivity contribution in [1.29, 1.82) is 0 Å². The van der Waals surface area contributed by atoms with Crippen LogP contribution in [0.25, 0.3) is 0 Å². The molecule has 0 aliphatic heterocycles. The van der Waals surface area contributed by atoms with Gasteiger partial charge in [0.2, 0.25) is 0 Å². The number of benzene rings is 1. The van der Waals surface area contributed by atoms with Crippen LogP contribution in [0.4, 0.5) is 10.6 Å². The van der Waals surface area contributed by atoms with Gasteiger partial charge in [0.15, 0.2) is 0 Å². The Morgan fingerprint density at radius 2 is 2.05 bits per heavy atom. The summed E-state index contributed by atoms with van der Waals surface area (Å²) in [6.45, 7) is 2.34. The summed E-state index contributed by atoms with van der Waals surface area (Å²) >= 11 is 0. The van der Waals surface area contributed by atoms with E-state index in [1.807, 2.05) is 6.92 Å². The van der Waals surface area contributed by atoms with Crippen LogP contribution in [-0.2, 0) is 0 Å². The molecule has 0 fully saturated rings. The number of hydrogen-bond donors (Lipinski definition) is 3. The molecule has 0 saturated carbocycles. The molecule has 0 saturated heterocycles. The van der Waals surface area contributed by atoms with Crippen LogP contribution in [0.15, 0.2) is 42.6 Å². The van der Waals surface area contributed by atoms with Crippen LogP contribution in [0.1, 0.15) is 17.3 Å². The number of anilines is 1. The number of rotatable bonds is 5. The Bertz CT molecular complexity index is 671. The Labute approximate surface area is 126 Å². The lowest BCUT2D eigenvalue weighted by molar-refractivity contribution is 0.0696. The summed E-state index contributed by atoms with van der Waals surface area (Å²) in [7, 11) is 0. The van der Waals surface area contributed by atoms with Crippen molar-refractivity contribution in [2.45, 2.75) is 6.92 Å². The molecule has 2 rings (SSSR count). The van der Waals surface area contributed by atoms with Gasteiger partial charge in [-0.1, -0.05) is 6.07 Å². The second kappa shape index (κ2) is 7.07. The molecule has 1 heterocycles. The smallest absolute Gasteiger partial charge is 0.335 e. The van der Waals surface area contributed by atoms with Crippen molar-refractivity contribution in [1.82, 2.24) is 10.3 Å². The molecule has 22 heavy (non-hydrogen) atoms. The third-order valence-corrected chi connectivity index (χ3v) is 2.63. The minimum absolute atomic E-state index is 0.139. The van der Waals surface area contributed by atoms with Gasteiger partial charge in [-0.3, -0.25) is 5.32 Å². The SMILES string of the molecule is CCNC(=O)Nc1ccc(Oc2cccc(C(=O)O)c2)cn1. The summed E-state index contributed by atoms with van der Waals surface area (Å²) in [5, 5.41) is 14.1. The number of ether oxygens (including phenoxy) is 1. The first-order valence-electron chi connectivity index (χ1n) is 6.60. The number of carboxylic acids is 1. The number of nitrogens with zero attached hydrogens (tertiary/aromatic N) is 1. The highest BCUT2D eigenvalue weighted by atomic mass is 16.5. The molecule has 0 unspecified atom stereocenters. The zero-order valence-corrected chi connectivity index (χ0v) is 11.9. The lowest BCUT2D eigenvalue weighted by Gasteiger charge is -2.08. The van der Waals surface area contributed by atoms with Crippen molar-refractivity contribution in [3.8, 4) is 11.5 Å². The van der Waals surface area contributed by atoms with Crippen LogP contribution in [-0.4, -0.2) is 28.6 Å². The molecule has 0 aliphatic rings. The van der Waals surface area contributed by atoms with Gasteiger partial charge in [0.1, 0.15) is 17.3 Å². The molecule has 7 nitrogen and oxygen atoms in total. The number of nitrogens with one attached hydrogen (secondary N) is 2. The summed E-state index contributed by atoms with van der Waals surface area (Å²) in [6, 6.07) is 9.02. The molecule has 1 aromatic carbocycles. The number of amides is 2. The minimum Gasteiger partial charge on any atom is -0.478 e. The van der Waals surface area contributed by atoms with Gasteiger partial charge in [-0.2, -0.15) is 0 Å². The Balaban J connectivity index is 2.03. The van der Waals surface area contributed by atoms with Crippen LogP contribution in [0, 0.1) is 0 Å². The number of aromatic carboxylic acids is 1. The predicted octanol–water partition coefficient (Wildman–Crippen LogP) is 2.71. The second-order valence-corrected chi connectivity index (χ2v) is 4.30. The highest BCUT2D eigenvalue weighted by Crippen LogP contribution is 2.22. The molecule has 2 aromatic rings. The number of pyridine rings is 1. The quantitative estimate of drug-likeness (QED) is 0.788. The van der Waals surface area contributed by atoms with Gasteiger partial charge in [-0.25, -0.2) is 14.6 Å². The van der Waals surface area contributed by atoms with E-state index in [9.17, 15) is 9.59 Å². The van der Waals surface area contributed by atoms with Crippen molar-refractivity contribution in [2.75, 3.05) is 11.9 Å². The molecular formula is C15H15N3O4. The van der Waals surface area contributed by atoms with Gasteiger partial charge in [-0.05, 0) is 37.3 Å². The summed E-state index contributed by atoms with van der Waals surface area (Å²) in [6.07, 6.45) is 1.44. The largest absolute Gasteiger partial charge is 0.478 e. The Morgan fingerprint density at radius 3 is 2.68 bits per heavy atom. The fourth-order valence-corrected chi connectivity index (χ4v) is 1.66. The average Bonchev–Trinajstić information content (AvgIpc) is 2.50. The lowest BCUT2D eigenvalue weighted by atomic mass is 10.2. The summed E-state index contributed by atoms with van der Waals surface area (Å²) in [5.74, 6) is 0.192. The fourth-order valence-electron chi connectivity index (χ4n) is 1.66. The van der Waals surface area contributed by atoms with Crippen molar-refractivity contribution in [3.05, 3.63) is 48.2 Å². The maximum Gasteiger partial charge on any atom is 0.335 e. The third-order valence-electron chi connectivity index (χ3n) is 2.63. The highest BCUT2D eigenvalue weighted by Gasteiger charge is 2.06. The molecule has 7 heteroatoms. The maximum atomic E-state index is 11.3. The number of hydrogen-bond acceptors (Lipinski definition) is 4. The minimum atomic E-state index is -1.02. The summed E-state index contributed by atoms with van der Waals surface area (Å²) in [4.78, 5) is 26.3. The molecule has 0 radical (unpaired) electrons. The molecule has 2 amide bonds. The second-order valence-electron chi connectivity index (χ2n) is 4.30. The first kappa shape index (κ1) is 15.3. The molecule has 0 spiro atoms. The Kier molecular flexibility index (Phi) is 4.92. The van der Waals surface area contributed by atoms with E-state index in [1.54, 1.807) is 24.3 Å². The molecular weight excluding hydrogens is 286 g/mol. The number of carboxylic acid groups (broad SMARTS) is 1. The predicted molar refractivity (Wildman–Crippen MR) is 80.4 cm³/mol. The van der Waals surface area contributed by atoms with Gasteiger partial charge in [0, 0.05) is 6.54 Å². The Morgan fingerprint density at radius 1 is 1.23 bits per heavy atom.